The number of amides is 1. The van der Waals surface area contributed by atoms with Crippen molar-refractivity contribution in [3.05, 3.63) is 29.3 Å². The number of hydrogen-bond donors (Lipinski definition) is 2. The Morgan fingerprint density at radius 2 is 1.95 bits per heavy atom. The Hall–Kier alpha value is -1.51. The number of anilines is 1. The molecule has 21 heavy (non-hydrogen) atoms. The maximum Gasteiger partial charge on any atom is 0.251 e. The maximum absolute atomic E-state index is 12.2. The fourth-order valence-electron chi connectivity index (χ4n) is 2.34. The minimum Gasteiger partial charge on any atom is -0.385 e. The SMILES string of the molecule is CCCCCC(C)NC(=O)c1ccc(NCCC)c(C)c1. The van der Waals surface area contributed by atoms with Crippen LogP contribution >= 0.6 is 0 Å². The molecule has 0 bridgehead atoms. The quantitative estimate of drug-likeness (QED) is 0.657. The number of carbonyl (C=O) groups is 1. The van der Waals surface area contributed by atoms with E-state index in [1.165, 1.54) is 19.3 Å². The smallest absolute Gasteiger partial charge is 0.251 e. The second-order valence-corrected chi connectivity index (χ2v) is 5.83. The number of aryl methyl sites for hydroxylation is 1. The molecule has 1 aromatic rings. The molecule has 1 rings (SSSR count). The molecule has 0 aliphatic heterocycles. The fourth-order valence-corrected chi connectivity index (χ4v) is 2.34. The van der Waals surface area contributed by atoms with Gasteiger partial charge >= 0.3 is 0 Å². The number of unbranched alkanes of at least 4 members (excludes halogenated alkanes) is 2. The zero-order valence-corrected chi connectivity index (χ0v) is 14.0. The molecule has 0 aromatic heterocycles. The van der Waals surface area contributed by atoms with Crippen LogP contribution in [0.1, 0.15) is 68.8 Å². The van der Waals surface area contributed by atoms with Gasteiger partial charge in [0.25, 0.3) is 5.91 Å². The third kappa shape index (κ3) is 6.19. The summed E-state index contributed by atoms with van der Waals surface area (Å²) in [5.74, 6) is 0.0316. The molecule has 3 heteroatoms. The Morgan fingerprint density at radius 1 is 1.19 bits per heavy atom. The number of benzene rings is 1. The summed E-state index contributed by atoms with van der Waals surface area (Å²) < 4.78 is 0. The molecule has 0 heterocycles. The first-order chi connectivity index (χ1) is 10.1. The van der Waals surface area contributed by atoms with Crippen LogP contribution in [-0.4, -0.2) is 18.5 Å². The number of hydrogen-bond acceptors (Lipinski definition) is 2. The van der Waals surface area contributed by atoms with Crippen LogP contribution in [0.25, 0.3) is 0 Å². The van der Waals surface area contributed by atoms with Crippen LogP contribution < -0.4 is 10.6 Å². The molecular formula is C18H30N2O. The number of rotatable bonds is 9. The first-order valence-corrected chi connectivity index (χ1v) is 8.23. The second kappa shape index (κ2) is 9.43. The highest BCUT2D eigenvalue weighted by Gasteiger charge is 2.10. The predicted molar refractivity (Wildman–Crippen MR) is 91.0 cm³/mol. The lowest BCUT2D eigenvalue weighted by atomic mass is 10.1. The minimum absolute atomic E-state index is 0.0316. The second-order valence-electron chi connectivity index (χ2n) is 5.83. The first kappa shape index (κ1) is 17.5. The summed E-state index contributed by atoms with van der Waals surface area (Å²) >= 11 is 0. The summed E-state index contributed by atoms with van der Waals surface area (Å²) in [7, 11) is 0. The van der Waals surface area contributed by atoms with Crippen molar-refractivity contribution < 1.29 is 4.79 Å². The summed E-state index contributed by atoms with van der Waals surface area (Å²) in [5.41, 5.74) is 2.98. The van der Waals surface area contributed by atoms with Gasteiger partial charge in [-0.25, -0.2) is 0 Å². The predicted octanol–water partition coefficient (Wildman–Crippen LogP) is 4.52. The summed E-state index contributed by atoms with van der Waals surface area (Å²) in [5, 5.41) is 6.46. The van der Waals surface area contributed by atoms with Crippen LogP contribution in [0, 0.1) is 6.92 Å². The maximum atomic E-state index is 12.2. The van der Waals surface area contributed by atoms with E-state index in [0.717, 1.165) is 36.2 Å². The summed E-state index contributed by atoms with van der Waals surface area (Å²) in [6, 6.07) is 6.11. The Kier molecular flexibility index (Phi) is 7.88. The van der Waals surface area contributed by atoms with Gasteiger partial charge in [-0.3, -0.25) is 4.79 Å². The van der Waals surface area contributed by atoms with Crippen molar-refractivity contribution >= 4 is 11.6 Å². The van der Waals surface area contributed by atoms with Crippen LogP contribution in [0.3, 0.4) is 0 Å². The van der Waals surface area contributed by atoms with Crippen molar-refractivity contribution in [2.75, 3.05) is 11.9 Å². The molecule has 0 saturated carbocycles. The molecular weight excluding hydrogens is 260 g/mol. The molecule has 0 aliphatic carbocycles. The van der Waals surface area contributed by atoms with E-state index in [4.69, 9.17) is 0 Å². The van der Waals surface area contributed by atoms with E-state index in [9.17, 15) is 4.79 Å². The minimum atomic E-state index is 0.0316. The summed E-state index contributed by atoms with van der Waals surface area (Å²) in [4.78, 5) is 12.2. The van der Waals surface area contributed by atoms with Crippen LogP contribution in [-0.2, 0) is 0 Å². The van der Waals surface area contributed by atoms with Gasteiger partial charge in [-0.05, 0) is 50.5 Å². The molecule has 0 aliphatic rings. The Labute approximate surface area is 129 Å². The lowest BCUT2D eigenvalue weighted by molar-refractivity contribution is 0.0938. The zero-order chi connectivity index (χ0) is 15.7. The molecule has 1 atom stereocenters. The van der Waals surface area contributed by atoms with Gasteiger partial charge in [0.15, 0.2) is 0 Å². The Balaban J connectivity index is 2.56. The number of nitrogens with one attached hydrogen (secondary N) is 2. The molecule has 1 aromatic carbocycles. The Bertz CT molecular complexity index is 443. The highest BCUT2D eigenvalue weighted by molar-refractivity contribution is 5.95. The van der Waals surface area contributed by atoms with Crippen LogP contribution in [0.4, 0.5) is 5.69 Å². The Morgan fingerprint density at radius 3 is 2.57 bits per heavy atom. The van der Waals surface area contributed by atoms with E-state index in [1.807, 2.05) is 25.1 Å². The summed E-state index contributed by atoms with van der Waals surface area (Å²) in [6.07, 6.45) is 5.77. The summed E-state index contributed by atoms with van der Waals surface area (Å²) in [6.45, 7) is 9.42. The van der Waals surface area contributed by atoms with Crippen molar-refractivity contribution in [1.82, 2.24) is 5.32 Å². The first-order valence-electron chi connectivity index (χ1n) is 8.23. The van der Waals surface area contributed by atoms with Gasteiger partial charge in [0.2, 0.25) is 0 Å². The lowest BCUT2D eigenvalue weighted by Gasteiger charge is -2.15. The van der Waals surface area contributed by atoms with E-state index in [1.54, 1.807) is 0 Å². The van der Waals surface area contributed by atoms with Gasteiger partial charge < -0.3 is 10.6 Å². The molecule has 1 amide bonds. The average Bonchev–Trinajstić information content (AvgIpc) is 2.46. The van der Waals surface area contributed by atoms with Crippen LogP contribution in [0.15, 0.2) is 18.2 Å². The molecule has 0 saturated heterocycles. The van der Waals surface area contributed by atoms with Crippen LogP contribution in [0.2, 0.25) is 0 Å². The van der Waals surface area contributed by atoms with E-state index in [-0.39, 0.29) is 11.9 Å². The monoisotopic (exact) mass is 290 g/mol. The van der Waals surface area contributed by atoms with Crippen molar-refractivity contribution in [2.24, 2.45) is 0 Å². The van der Waals surface area contributed by atoms with Crippen molar-refractivity contribution in [2.45, 2.75) is 65.8 Å². The van der Waals surface area contributed by atoms with Gasteiger partial charge in [0, 0.05) is 23.8 Å². The van der Waals surface area contributed by atoms with E-state index in [0.29, 0.717) is 0 Å². The molecule has 0 radical (unpaired) electrons. The third-order valence-corrected chi connectivity index (χ3v) is 3.67. The van der Waals surface area contributed by atoms with Gasteiger partial charge in [-0.15, -0.1) is 0 Å². The van der Waals surface area contributed by atoms with Gasteiger partial charge in [0.1, 0.15) is 0 Å². The van der Waals surface area contributed by atoms with Crippen LogP contribution in [0.5, 0.6) is 0 Å². The van der Waals surface area contributed by atoms with Crippen molar-refractivity contribution in [1.29, 1.82) is 0 Å². The molecule has 0 fully saturated rings. The normalized spacial score (nSPS) is 12.0. The third-order valence-electron chi connectivity index (χ3n) is 3.67. The average molecular weight is 290 g/mol. The molecule has 3 nitrogen and oxygen atoms in total. The molecule has 0 spiro atoms. The zero-order valence-electron chi connectivity index (χ0n) is 14.0. The van der Waals surface area contributed by atoms with Gasteiger partial charge in [-0.2, -0.15) is 0 Å². The molecule has 118 valence electrons. The topological polar surface area (TPSA) is 41.1 Å². The van der Waals surface area contributed by atoms with Crippen molar-refractivity contribution in [3.8, 4) is 0 Å². The number of carbonyl (C=O) groups excluding carboxylic acids is 1. The standard InChI is InChI=1S/C18H30N2O/c1-5-7-8-9-15(4)20-18(21)16-10-11-17(14(3)13-16)19-12-6-2/h10-11,13,15,19H,5-9,12H2,1-4H3,(H,20,21). The fraction of sp³-hybridized carbons (Fsp3) is 0.611. The van der Waals surface area contributed by atoms with Crippen molar-refractivity contribution in [3.63, 3.8) is 0 Å². The molecule has 1 unspecified atom stereocenters. The highest BCUT2D eigenvalue weighted by atomic mass is 16.1. The van der Waals surface area contributed by atoms with Gasteiger partial charge in [0.05, 0.1) is 0 Å². The van der Waals surface area contributed by atoms with E-state index >= 15 is 0 Å². The lowest BCUT2D eigenvalue weighted by Crippen LogP contribution is -2.32. The molecule has 2 N–H and O–H groups in total. The highest BCUT2D eigenvalue weighted by Crippen LogP contribution is 2.17. The van der Waals surface area contributed by atoms with E-state index < -0.39 is 0 Å². The van der Waals surface area contributed by atoms with E-state index in [2.05, 4.69) is 31.4 Å². The van der Waals surface area contributed by atoms with Gasteiger partial charge in [-0.1, -0.05) is 33.1 Å². The largest absolute Gasteiger partial charge is 0.385 e.